The summed E-state index contributed by atoms with van der Waals surface area (Å²) in [6, 6.07) is 8.91. The van der Waals surface area contributed by atoms with E-state index in [1.807, 2.05) is 23.6 Å². The largest absolute Gasteiger partial charge is 0.478 e. The molecule has 0 aliphatic rings. The number of methoxy groups -OCH3 is 1. The SMILES string of the molecule is COCc1nc2cc(C)cnc2n1Cc1ccccc1C(=O)O. The minimum Gasteiger partial charge on any atom is -0.478 e. The van der Waals surface area contributed by atoms with Crippen LogP contribution in [0.15, 0.2) is 36.5 Å². The molecular weight excluding hydrogens is 294 g/mol. The first-order valence-corrected chi connectivity index (χ1v) is 7.22. The van der Waals surface area contributed by atoms with Crippen LogP contribution in [0.4, 0.5) is 0 Å². The number of ether oxygens (including phenoxy) is 1. The number of pyridine rings is 1. The number of rotatable bonds is 5. The predicted octanol–water partition coefficient (Wildman–Crippen LogP) is 2.63. The molecule has 6 heteroatoms. The molecule has 0 fully saturated rings. The summed E-state index contributed by atoms with van der Waals surface area (Å²) in [5.41, 5.74) is 3.52. The Labute approximate surface area is 133 Å². The van der Waals surface area contributed by atoms with Gasteiger partial charge in [0.05, 0.1) is 12.1 Å². The normalized spacial score (nSPS) is 11.0. The summed E-state index contributed by atoms with van der Waals surface area (Å²) >= 11 is 0. The first-order valence-electron chi connectivity index (χ1n) is 7.22. The topological polar surface area (TPSA) is 77.2 Å². The van der Waals surface area contributed by atoms with Gasteiger partial charge >= 0.3 is 5.97 Å². The number of carboxylic acid groups (broad SMARTS) is 1. The molecule has 0 unspecified atom stereocenters. The van der Waals surface area contributed by atoms with E-state index in [1.165, 1.54) is 0 Å². The van der Waals surface area contributed by atoms with Crippen LogP contribution in [-0.2, 0) is 17.9 Å². The van der Waals surface area contributed by atoms with Crippen LogP contribution in [0.1, 0.15) is 27.3 Å². The molecule has 0 atom stereocenters. The maximum atomic E-state index is 11.4. The van der Waals surface area contributed by atoms with Gasteiger partial charge in [0.1, 0.15) is 17.9 Å². The number of fused-ring (bicyclic) bond motifs is 1. The van der Waals surface area contributed by atoms with Crippen molar-refractivity contribution < 1.29 is 14.6 Å². The van der Waals surface area contributed by atoms with Gasteiger partial charge in [0.25, 0.3) is 0 Å². The molecule has 3 rings (SSSR count). The minimum atomic E-state index is -0.942. The van der Waals surface area contributed by atoms with Crippen LogP contribution >= 0.6 is 0 Å². The van der Waals surface area contributed by atoms with E-state index in [0.717, 1.165) is 22.6 Å². The summed E-state index contributed by atoms with van der Waals surface area (Å²) in [5.74, 6) is -0.220. The van der Waals surface area contributed by atoms with Crippen molar-refractivity contribution in [3.8, 4) is 0 Å². The van der Waals surface area contributed by atoms with E-state index < -0.39 is 5.97 Å². The van der Waals surface area contributed by atoms with Crippen LogP contribution in [0.3, 0.4) is 0 Å². The van der Waals surface area contributed by atoms with Gasteiger partial charge in [-0.2, -0.15) is 0 Å². The summed E-state index contributed by atoms with van der Waals surface area (Å²) in [6.45, 7) is 2.68. The van der Waals surface area contributed by atoms with E-state index in [1.54, 1.807) is 31.5 Å². The smallest absolute Gasteiger partial charge is 0.336 e. The number of carbonyl (C=O) groups is 1. The summed E-state index contributed by atoms with van der Waals surface area (Å²) in [5, 5.41) is 9.35. The summed E-state index contributed by atoms with van der Waals surface area (Å²) in [7, 11) is 1.60. The van der Waals surface area contributed by atoms with E-state index in [2.05, 4.69) is 9.97 Å². The van der Waals surface area contributed by atoms with E-state index >= 15 is 0 Å². The Morgan fingerprint density at radius 2 is 2.13 bits per heavy atom. The van der Waals surface area contributed by atoms with Crippen molar-refractivity contribution in [3.63, 3.8) is 0 Å². The molecule has 0 bridgehead atoms. The molecule has 0 saturated heterocycles. The highest BCUT2D eigenvalue weighted by Gasteiger charge is 2.15. The van der Waals surface area contributed by atoms with Crippen molar-refractivity contribution in [1.29, 1.82) is 0 Å². The van der Waals surface area contributed by atoms with Gasteiger partial charge < -0.3 is 14.4 Å². The summed E-state index contributed by atoms with van der Waals surface area (Å²) in [4.78, 5) is 20.4. The van der Waals surface area contributed by atoms with Gasteiger partial charge in [-0.05, 0) is 30.2 Å². The van der Waals surface area contributed by atoms with Crippen LogP contribution < -0.4 is 0 Å². The quantitative estimate of drug-likeness (QED) is 0.784. The van der Waals surface area contributed by atoms with Gasteiger partial charge in [0.15, 0.2) is 5.65 Å². The molecule has 0 amide bonds. The van der Waals surface area contributed by atoms with Crippen molar-refractivity contribution in [3.05, 3.63) is 59.0 Å². The second kappa shape index (κ2) is 6.18. The Balaban J connectivity index is 2.12. The van der Waals surface area contributed by atoms with Crippen LogP contribution in [0, 0.1) is 6.92 Å². The summed E-state index contributed by atoms with van der Waals surface area (Å²) < 4.78 is 7.12. The maximum absolute atomic E-state index is 11.4. The highest BCUT2D eigenvalue weighted by molar-refractivity contribution is 5.89. The first-order chi connectivity index (χ1) is 11.1. The first kappa shape index (κ1) is 15.2. The number of aryl methyl sites for hydroxylation is 1. The number of hydrogen-bond donors (Lipinski definition) is 1. The van der Waals surface area contributed by atoms with Gasteiger partial charge in [0, 0.05) is 13.3 Å². The zero-order valence-corrected chi connectivity index (χ0v) is 13.0. The number of imidazole rings is 1. The Hall–Kier alpha value is -2.73. The highest BCUT2D eigenvalue weighted by atomic mass is 16.5. The Morgan fingerprint density at radius 3 is 2.87 bits per heavy atom. The molecule has 1 N–H and O–H groups in total. The Kier molecular flexibility index (Phi) is 4.08. The number of aromatic carboxylic acids is 1. The monoisotopic (exact) mass is 311 g/mol. The lowest BCUT2D eigenvalue weighted by Gasteiger charge is -2.10. The molecule has 0 saturated carbocycles. The van der Waals surface area contributed by atoms with Crippen LogP contribution in [0.5, 0.6) is 0 Å². The van der Waals surface area contributed by atoms with Gasteiger partial charge in [-0.25, -0.2) is 14.8 Å². The number of hydrogen-bond acceptors (Lipinski definition) is 4. The fraction of sp³-hybridized carbons (Fsp3) is 0.235. The minimum absolute atomic E-state index is 0.282. The van der Waals surface area contributed by atoms with Gasteiger partial charge in [0.2, 0.25) is 0 Å². The lowest BCUT2D eigenvalue weighted by molar-refractivity contribution is 0.0695. The number of benzene rings is 1. The van der Waals surface area contributed by atoms with Crippen molar-refractivity contribution in [2.75, 3.05) is 7.11 Å². The van der Waals surface area contributed by atoms with E-state index in [9.17, 15) is 9.90 Å². The molecule has 2 heterocycles. The zero-order chi connectivity index (χ0) is 16.4. The fourth-order valence-electron chi connectivity index (χ4n) is 2.60. The second-order valence-corrected chi connectivity index (χ2v) is 5.36. The third kappa shape index (κ3) is 2.93. The highest BCUT2D eigenvalue weighted by Crippen LogP contribution is 2.19. The number of carboxylic acids is 1. The molecule has 6 nitrogen and oxygen atoms in total. The molecule has 1 aromatic carbocycles. The molecule has 0 radical (unpaired) electrons. The standard InChI is InChI=1S/C17H17N3O3/c1-11-7-14-16(18-8-11)20(15(19-14)10-23-2)9-12-5-3-4-6-13(12)17(21)22/h3-8H,9-10H2,1-2H3,(H,21,22). The average Bonchev–Trinajstić information content (AvgIpc) is 2.85. The molecule has 0 aliphatic carbocycles. The molecule has 0 spiro atoms. The molecular formula is C17H17N3O3. The zero-order valence-electron chi connectivity index (χ0n) is 13.0. The Bertz CT molecular complexity index is 871. The molecule has 118 valence electrons. The van der Waals surface area contributed by atoms with Crippen LogP contribution in [0.2, 0.25) is 0 Å². The van der Waals surface area contributed by atoms with E-state index in [0.29, 0.717) is 18.7 Å². The third-order valence-corrected chi connectivity index (χ3v) is 3.65. The van der Waals surface area contributed by atoms with Crippen molar-refractivity contribution in [2.24, 2.45) is 0 Å². The van der Waals surface area contributed by atoms with Crippen molar-refractivity contribution >= 4 is 17.1 Å². The summed E-state index contributed by atoms with van der Waals surface area (Å²) in [6.07, 6.45) is 1.78. The number of aromatic nitrogens is 3. The van der Waals surface area contributed by atoms with Crippen LogP contribution in [-0.4, -0.2) is 32.7 Å². The molecule has 0 aliphatic heterocycles. The predicted molar refractivity (Wildman–Crippen MR) is 85.5 cm³/mol. The Morgan fingerprint density at radius 1 is 1.35 bits per heavy atom. The van der Waals surface area contributed by atoms with Gasteiger partial charge in [-0.1, -0.05) is 18.2 Å². The van der Waals surface area contributed by atoms with Crippen LogP contribution in [0.25, 0.3) is 11.2 Å². The van der Waals surface area contributed by atoms with Gasteiger partial charge in [-0.15, -0.1) is 0 Å². The third-order valence-electron chi connectivity index (χ3n) is 3.65. The van der Waals surface area contributed by atoms with E-state index in [-0.39, 0.29) is 5.56 Å². The number of nitrogens with zero attached hydrogens (tertiary/aromatic N) is 3. The average molecular weight is 311 g/mol. The lowest BCUT2D eigenvalue weighted by atomic mass is 10.1. The van der Waals surface area contributed by atoms with E-state index in [4.69, 9.17) is 4.74 Å². The van der Waals surface area contributed by atoms with Gasteiger partial charge in [-0.3, -0.25) is 0 Å². The maximum Gasteiger partial charge on any atom is 0.336 e. The van der Waals surface area contributed by atoms with Crippen molar-refractivity contribution in [2.45, 2.75) is 20.1 Å². The molecule has 2 aromatic heterocycles. The lowest BCUT2D eigenvalue weighted by Crippen LogP contribution is -2.10. The van der Waals surface area contributed by atoms with Crippen molar-refractivity contribution in [1.82, 2.24) is 14.5 Å². The molecule has 23 heavy (non-hydrogen) atoms. The second-order valence-electron chi connectivity index (χ2n) is 5.36. The fourth-order valence-corrected chi connectivity index (χ4v) is 2.60. The molecule has 3 aromatic rings.